The summed E-state index contributed by atoms with van der Waals surface area (Å²) >= 11 is 1.74. The summed E-state index contributed by atoms with van der Waals surface area (Å²) in [6.45, 7) is 5.22. The topological polar surface area (TPSA) is 37.8 Å². The Labute approximate surface area is 106 Å². The smallest absolute Gasteiger partial charge is 0.0797 e. The molecule has 0 aliphatic rings. The Bertz CT molecular complexity index is 453. The highest BCUT2D eigenvalue weighted by Gasteiger charge is 2.05. The number of nitrogens with one attached hydrogen (secondary N) is 1. The van der Waals surface area contributed by atoms with Crippen LogP contribution in [-0.2, 0) is 6.42 Å². The number of hydrogen-bond donors (Lipinski definition) is 1. The van der Waals surface area contributed by atoms with Gasteiger partial charge in [-0.3, -0.25) is 4.98 Å². The van der Waals surface area contributed by atoms with Crippen molar-refractivity contribution in [1.82, 2.24) is 15.3 Å². The molecule has 2 aromatic heterocycles. The van der Waals surface area contributed by atoms with E-state index >= 15 is 0 Å². The minimum absolute atomic E-state index is 0.367. The quantitative estimate of drug-likeness (QED) is 0.883. The van der Waals surface area contributed by atoms with Crippen molar-refractivity contribution in [1.29, 1.82) is 0 Å². The van der Waals surface area contributed by atoms with Gasteiger partial charge in [-0.2, -0.15) is 0 Å². The van der Waals surface area contributed by atoms with Crippen LogP contribution in [0.4, 0.5) is 0 Å². The predicted molar refractivity (Wildman–Crippen MR) is 71.2 cm³/mol. The first kappa shape index (κ1) is 12.2. The summed E-state index contributed by atoms with van der Waals surface area (Å²) in [4.78, 5) is 9.66. The van der Waals surface area contributed by atoms with E-state index in [9.17, 15) is 0 Å². The molecule has 0 unspecified atom stereocenters. The lowest BCUT2D eigenvalue weighted by atomic mass is 10.1. The SMILES string of the molecule is Cc1ncsc1CCN[C@H](C)c1ccncc1. The first-order valence-electron chi connectivity index (χ1n) is 5.79. The first-order valence-corrected chi connectivity index (χ1v) is 6.67. The zero-order chi connectivity index (χ0) is 12.1. The summed E-state index contributed by atoms with van der Waals surface area (Å²) in [6.07, 6.45) is 4.72. The van der Waals surface area contributed by atoms with Crippen LogP contribution in [0.1, 0.15) is 29.1 Å². The number of rotatable bonds is 5. The van der Waals surface area contributed by atoms with Gasteiger partial charge >= 0.3 is 0 Å². The average Bonchev–Trinajstić information content (AvgIpc) is 2.76. The molecule has 0 saturated carbocycles. The zero-order valence-electron chi connectivity index (χ0n) is 10.2. The molecule has 3 nitrogen and oxygen atoms in total. The highest BCUT2D eigenvalue weighted by Crippen LogP contribution is 2.14. The average molecular weight is 247 g/mol. The van der Waals surface area contributed by atoms with E-state index in [-0.39, 0.29) is 0 Å². The molecule has 0 aliphatic heterocycles. The second kappa shape index (κ2) is 5.89. The fourth-order valence-electron chi connectivity index (χ4n) is 1.74. The number of pyridine rings is 1. The van der Waals surface area contributed by atoms with Crippen molar-refractivity contribution >= 4 is 11.3 Å². The van der Waals surface area contributed by atoms with E-state index in [1.807, 2.05) is 17.9 Å². The number of hydrogen-bond acceptors (Lipinski definition) is 4. The fraction of sp³-hybridized carbons (Fsp3) is 0.385. The van der Waals surface area contributed by atoms with Crippen LogP contribution in [0.5, 0.6) is 0 Å². The number of aryl methyl sites for hydroxylation is 1. The van der Waals surface area contributed by atoms with Crippen molar-refractivity contribution in [3.05, 3.63) is 46.2 Å². The van der Waals surface area contributed by atoms with E-state index in [1.165, 1.54) is 10.4 Å². The van der Waals surface area contributed by atoms with Gasteiger partial charge in [0, 0.05) is 29.9 Å². The van der Waals surface area contributed by atoms with E-state index in [2.05, 4.69) is 41.3 Å². The molecule has 0 spiro atoms. The summed E-state index contributed by atoms with van der Waals surface area (Å²) in [5.41, 5.74) is 4.35. The van der Waals surface area contributed by atoms with Crippen LogP contribution < -0.4 is 5.32 Å². The van der Waals surface area contributed by atoms with E-state index in [4.69, 9.17) is 0 Å². The van der Waals surface area contributed by atoms with Gasteiger partial charge in [-0.1, -0.05) is 0 Å². The number of nitrogens with zero attached hydrogens (tertiary/aromatic N) is 2. The Morgan fingerprint density at radius 3 is 2.76 bits per heavy atom. The van der Waals surface area contributed by atoms with Gasteiger partial charge in [0.05, 0.1) is 11.2 Å². The van der Waals surface area contributed by atoms with Crippen molar-refractivity contribution in [3.63, 3.8) is 0 Å². The van der Waals surface area contributed by atoms with Crippen LogP contribution in [0.3, 0.4) is 0 Å². The van der Waals surface area contributed by atoms with Crippen LogP contribution in [0.15, 0.2) is 30.0 Å². The summed E-state index contributed by atoms with van der Waals surface area (Å²) in [6, 6.07) is 4.47. The lowest BCUT2D eigenvalue weighted by Gasteiger charge is -2.13. The minimum Gasteiger partial charge on any atom is -0.310 e. The normalized spacial score (nSPS) is 12.6. The third-order valence-electron chi connectivity index (χ3n) is 2.85. The maximum Gasteiger partial charge on any atom is 0.0797 e. The fourth-order valence-corrected chi connectivity index (χ4v) is 2.52. The molecule has 2 aromatic rings. The molecule has 17 heavy (non-hydrogen) atoms. The minimum atomic E-state index is 0.367. The highest BCUT2D eigenvalue weighted by molar-refractivity contribution is 7.09. The summed E-state index contributed by atoms with van der Waals surface area (Å²) < 4.78 is 0. The summed E-state index contributed by atoms with van der Waals surface area (Å²) in [5, 5.41) is 3.52. The largest absolute Gasteiger partial charge is 0.310 e. The molecule has 0 radical (unpaired) electrons. The highest BCUT2D eigenvalue weighted by atomic mass is 32.1. The molecule has 1 atom stereocenters. The Hall–Kier alpha value is -1.26. The monoisotopic (exact) mass is 247 g/mol. The van der Waals surface area contributed by atoms with Crippen LogP contribution in [0.25, 0.3) is 0 Å². The van der Waals surface area contributed by atoms with Crippen molar-refractivity contribution in [2.75, 3.05) is 6.54 Å². The van der Waals surface area contributed by atoms with Gasteiger partial charge in [-0.25, -0.2) is 4.98 Å². The second-order valence-corrected chi connectivity index (χ2v) is 5.01. The van der Waals surface area contributed by atoms with E-state index in [0.29, 0.717) is 6.04 Å². The molecular formula is C13H17N3S. The van der Waals surface area contributed by atoms with Crippen molar-refractivity contribution in [2.45, 2.75) is 26.3 Å². The lowest BCUT2D eigenvalue weighted by Crippen LogP contribution is -2.21. The van der Waals surface area contributed by atoms with Crippen LogP contribution >= 0.6 is 11.3 Å². The van der Waals surface area contributed by atoms with Gasteiger partial charge in [0.25, 0.3) is 0 Å². The third kappa shape index (κ3) is 3.35. The van der Waals surface area contributed by atoms with Crippen LogP contribution in [0.2, 0.25) is 0 Å². The van der Waals surface area contributed by atoms with Gasteiger partial charge in [0.2, 0.25) is 0 Å². The van der Waals surface area contributed by atoms with Gasteiger partial charge < -0.3 is 5.32 Å². The molecule has 0 bridgehead atoms. The maximum atomic E-state index is 4.26. The maximum absolute atomic E-state index is 4.26. The zero-order valence-corrected chi connectivity index (χ0v) is 11.0. The molecule has 1 N–H and O–H groups in total. The van der Waals surface area contributed by atoms with Crippen molar-refractivity contribution in [3.8, 4) is 0 Å². The van der Waals surface area contributed by atoms with Crippen LogP contribution in [-0.4, -0.2) is 16.5 Å². The molecule has 0 amide bonds. The van der Waals surface area contributed by atoms with E-state index < -0.39 is 0 Å². The van der Waals surface area contributed by atoms with Gasteiger partial charge in [0.1, 0.15) is 0 Å². The molecule has 2 rings (SSSR count). The standard InChI is InChI=1S/C13H17N3S/c1-10(12-3-6-14-7-4-12)15-8-5-13-11(2)16-9-17-13/h3-4,6-7,9-10,15H,5,8H2,1-2H3/t10-/m1/s1. The molecule has 0 aromatic carbocycles. The van der Waals surface area contributed by atoms with Crippen molar-refractivity contribution in [2.24, 2.45) is 0 Å². The van der Waals surface area contributed by atoms with Crippen LogP contribution in [0, 0.1) is 6.92 Å². The van der Waals surface area contributed by atoms with Gasteiger partial charge in [0.15, 0.2) is 0 Å². The molecule has 4 heteroatoms. The van der Waals surface area contributed by atoms with E-state index in [1.54, 1.807) is 11.3 Å². The Balaban J connectivity index is 1.81. The van der Waals surface area contributed by atoms with Gasteiger partial charge in [-0.05, 0) is 38.0 Å². The second-order valence-electron chi connectivity index (χ2n) is 4.07. The molecule has 0 saturated heterocycles. The Morgan fingerprint density at radius 2 is 2.12 bits per heavy atom. The number of thiazole rings is 1. The molecule has 0 aliphatic carbocycles. The molecule has 2 heterocycles. The first-order chi connectivity index (χ1) is 8.27. The summed E-state index contributed by atoms with van der Waals surface area (Å²) in [5.74, 6) is 0. The van der Waals surface area contributed by atoms with E-state index in [0.717, 1.165) is 18.7 Å². The molecule has 0 fully saturated rings. The Morgan fingerprint density at radius 1 is 1.35 bits per heavy atom. The molecular weight excluding hydrogens is 230 g/mol. The lowest BCUT2D eigenvalue weighted by molar-refractivity contribution is 0.577. The molecule has 90 valence electrons. The third-order valence-corrected chi connectivity index (χ3v) is 3.85. The van der Waals surface area contributed by atoms with Crippen molar-refractivity contribution < 1.29 is 0 Å². The van der Waals surface area contributed by atoms with Gasteiger partial charge in [-0.15, -0.1) is 11.3 Å². The Kier molecular flexibility index (Phi) is 4.23. The predicted octanol–water partition coefficient (Wildman–Crippen LogP) is 2.74. The summed E-state index contributed by atoms with van der Waals surface area (Å²) in [7, 11) is 0. The number of aromatic nitrogens is 2.